The van der Waals surface area contributed by atoms with E-state index in [1.807, 2.05) is 60.7 Å². The average Bonchev–Trinajstić information content (AvgIpc) is 3.61. The van der Waals surface area contributed by atoms with Gasteiger partial charge in [-0.25, -0.2) is 9.97 Å². The molecule has 0 fully saturated rings. The summed E-state index contributed by atoms with van der Waals surface area (Å²) in [5, 5.41) is 11.5. The van der Waals surface area contributed by atoms with Gasteiger partial charge in [-0.15, -0.1) is 0 Å². The maximum atomic E-state index is 14.0. The number of hydrogen-bond donors (Lipinski definition) is 0. The summed E-state index contributed by atoms with van der Waals surface area (Å²) in [4.78, 5) is 37.7. The zero-order chi connectivity index (χ0) is 27.4. The monoisotopic (exact) mass is 536 g/mol. The van der Waals surface area contributed by atoms with Crippen molar-refractivity contribution >= 4 is 98.0 Å². The van der Waals surface area contributed by atoms with E-state index in [0.717, 1.165) is 75.9 Å². The fourth-order valence-corrected chi connectivity index (χ4v) is 7.68. The molecule has 4 heterocycles. The third-order valence-electron chi connectivity index (χ3n) is 9.37. The van der Waals surface area contributed by atoms with Gasteiger partial charge < -0.3 is 0 Å². The Kier molecular flexibility index (Phi) is 3.34. The second-order valence-electron chi connectivity index (χ2n) is 11.3. The molecular formula is C36H16N4O2. The molecule has 0 aliphatic carbocycles. The maximum absolute atomic E-state index is 14.0. The summed E-state index contributed by atoms with van der Waals surface area (Å²) in [6.45, 7) is 0. The average molecular weight is 537 g/mol. The van der Waals surface area contributed by atoms with Crippen molar-refractivity contribution in [2.24, 2.45) is 0 Å². The van der Waals surface area contributed by atoms with Gasteiger partial charge in [0.15, 0.2) is 0 Å². The van der Waals surface area contributed by atoms with Gasteiger partial charge in [0.1, 0.15) is 11.3 Å². The van der Waals surface area contributed by atoms with E-state index in [0.29, 0.717) is 22.1 Å². The molecule has 0 radical (unpaired) electrons. The first kappa shape index (κ1) is 20.9. The van der Waals surface area contributed by atoms with Crippen LogP contribution in [0.4, 0.5) is 0 Å². The van der Waals surface area contributed by atoms with Gasteiger partial charge in [-0.2, -0.15) is 0 Å². The Morgan fingerprint density at radius 3 is 1.14 bits per heavy atom. The van der Waals surface area contributed by atoms with Crippen LogP contribution in [0.3, 0.4) is 0 Å². The van der Waals surface area contributed by atoms with Crippen LogP contribution in [0.1, 0.15) is 0 Å². The molecule has 6 nitrogen and oxygen atoms in total. The van der Waals surface area contributed by atoms with E-state index in [-0.39, 0.29) is 11.1 Å². The molecule has 0 bridgehead atoms. The molecule has 0 unspecified atom stereocenters. The second kappa shape index (κ2) is 6.70. The number of para-hydroxylation sites is 4. The predicted molar refractivity (Wildman–Crippen MR) is 170 cm³/mol. The number of rotatable bonds is 0. The SMILES string of the molecule is O=c1c2ccc3c4ccc5c6c(ccc(c7ccc(c2c37)c2nc3ccccc3n12)c46)c(=O)n1c2ccccc2nc51. The molecule has 0 N–H and O–H groups in total. The van der Waals surface area contributed by atoms with Crippen LogP contribution in [0.2, 0.25) is 0 Å². The summed E-state index contributed by atoms with van der Waals surface area (Å²) < 4.78 is 3.49. The van der Waals surface area contributed by atoms with Crippen molar-refractivity contribution in [3.05, 3.63) is 118 Å². The van der Waals surface area contributed by atoms with Gasteiger partial charge >= 0.3 is 0 Å². The van der Waals surface area contributed by atoms with Gasteiger partial charge in [0.2, 0.25) is 0 Å². The third kappa shape index (κ3) is 2.14. The summed E-state index contributed by atoms with van der Waals surface area (Å²) in [6.07, 6.45) is 0. The molecule has 0 aliphatic rings. The van der Waals surface area contributed by atoms with Crippen LogP contribution in [0.15, 0.2) is 107 Å². The molecule has 0 spiro atoms. The van der Waals surface area contributed by atoms with Crippen LogP contribution >= 0.6 is 0 Å². The van der Waals surface area contributed by atoms with Gasteiger partial charge in [0, 0.05) is 32.3 Å². The van der Waals surface area contributed by atoms with Crippen LogP contribution in [0.25, 0.3) is 98.0 Å². The first-order valence-corrected chi connectivity index (χ1v) is 13.9. The molecule has 0 atom stereocenters. The van der Waals surface area contributed by atoms with E-state index in [1.165, 1.54) is 0 Å². The van der Waals surface area contributed by atoms with E-state index in [4.69, 9.17) is 9.97 Å². The lowest BCUT2D eigenvalue weighted by Crippen LogP contribution is -2.14. The highest BCUT2D eigenvalue weighted by Gasteiger charge is 2.23. The quantitative estimate of drug-likeness (QED) is 0.151. The fraction of sp³-hybridized carbons (Fsp3) is 0. The molecule has 4 aromatic heterocycles. The topological polar surface area (TPSA) is 68.7 Å². The molecule has 0 saturated carbocycles. The number of fused-ring (bicyclic) bond motifs is 10. The predicted octanol–water partition coefficient (Wildman–Crippen LogP) is 7.24. The van der Waals surface area contributed by atoms with E-state index in [1.54, 1.807) is 8.80 Å². The Hall–Kier alpha value is -5.88. The molecule has 0 amide bonds. The summed E-state index contributed by atoms with van der Waals surface area (Å²) in [5.41, 5.74) is 4.48. The van der Waals surface area contributed by atoms with E-state index in [9.17, 15) is 9.59 Å². The summed E-state index contributed by atoms with van der Waals surface area (Å²) in [7, 11) is 0. The van der Waals surface area contributed by atoms with Gasteiger partial charge in [-0.1, -0.05) is 48.5 Å². The first-order valence-electron chi connectivity index (χ1n) is 13.9. The minimum Gasteiger partial charge on any atom is -0.268 e. The minimum absolute atomic E-state index is 0.0598. The standard InChI is InChI=1S/C36H16N4O2/c41-35-23-15-11-19-18-10-14-22-32-24(36(42)40-28-8-4-2-6-26(28)38-34(22)40)16-12-20(30(18)32)17-9-13-21(31(23)29(17)19)33-37-25-5-1-3-7-27(25)39(33)35/h1-16H. The summed E-state index contributed by atoms with van der Waals surface area (Å²) >= 11 is 0. The summed E-state index contributed by atoms with van der Waals surface area (Å²) in [6, 6.07) is 32.1. The van der Waals surface area contributed by atoms with E-state index >= 15 is 0 Å². The normalized spacial score (nSPS) is 13.0. The smallest absolute Gasteiger partial charge is 0.264 e. The Morgan fingerprint density at radius 1 is 0.381 bits per heavy atom. The third-order valence-corrected chi connectivity index (χ3v) is 9.37. The van der Waals surface area contributed by atoms with E-state index < -0.39 is 0 Å². The van der Waals surface area contributed by atoms with Crippen LogP contribution < -0.4 is 11.1 Å². The van der Waals surface area contributed by atoms with E-state index in [2.05, 4.69) is 36.4 Å². The molecule has 0 saturated heterocycles. The molecule has 0 aliphatic heterocycles. The molecule has 192 valence electrons. The number of benzene rings is 7. The molecule has 11 aromatic rings. The highest BCUT2D eigenvalue weighted by Crippen LogP contribution is 2.45. The van der Waals surface area contributed by atoms with Crippen molar-refractivity contribution in [3.8, 4) is 0 Å². The molecular weight excluding hydrogens is 520 g/mol. The zero-order valence-electron chi connectivity index (χ0n) is 21.8. The van der Waals surface area contributed by atoms with Gasteiger partial charge in [0.25, 0.3) is 11.1 Å². The van der Waals surface area contributed by atoms with Crippen LogP contribution in [0, 0.1) is 0 Å². The van der Waals surface area contributed by atoms with Crippen molar-refractivity contribution in [3.63, 3.8) is 0 Å². The van der Waals surface area contributed by atoms with Gasteiger partial charge in [-0.05, 0) is 80.8 Å². The number of aromatic nitrogens is 4. The van der Waals surface area contributed by atoms with Crippen LogP contribution in [-0.2, 0) is 0 Å². The number of pyridine rings is 2. The molecule has 7 aromatic carbocycles. The lowest BCUT2D eigenvalue weighted by Gasteiger charge is -2.18. The molecule has 11 rings (SSSR count). The second-order valence-corrected chi connectivity index (χ2v) is 11.3. The van der Waals surface area contributed by atoms with Gasteiger partial charge in [0.05, 0.1) is 22.1 Å². The Balaban J connectivity index is 1.41. The number of hydrogen-bond acceptors (Lipinski definition) is 4. The largest absolute Gasteiger partial charge is 0.268 e. The summed E-state index contributed by atoms with van der Waals surface area (Å²) in [5.74, 6) is 0. The molecule has 6 heteroatoms. The Bertz CT molecular complexity index is 2890. The fourth-order valence-electron chi connectivity index (χ4n) is 7.68. The lowest BCUT2D eigenvalue weighted by atomic mass is 9.86. The van der Waals surface area contributed by atoms with Crippen molar-refractivity contribution in [2.45, 2.75) is 0 Å². The molecule has 42 heavy (non-hydrogen) atoms. The Morgan fingerprint density at radius 2 is 0.714 bits per heavy atom. The number of nitrogens with zero attached hydrogens (tertiary/aromatic N) is 4. The lowest BCUT2D eigenvalue weighted by molar-refractivity contribution is 1.19. The zero-order valence-corrected chi connectivity index (χ0v) is 21.8. The maximum Gasteiger partial charge on any atom is 0.264 e. The highest BCUT2D eigenvalue weighted by atomic mass is 16.1. The van der Waals surface area contributed by atoms with Crippen LogP contribution in [0.5, 0.6) is 0 Å². The van der Waals surface area contributed by atoms with Crippen molar-refractivity contribution in [1.82, 2.24) is 18.8 Å². The van der Waals surface area contributed by atoms with Crippen molar-refractivity contribution in [1.29, 1.82) is 0 Å². The number of imidazole rings is 2. The van der Waals surface area contributed by atoms with Crippen LogP contribution in [-0.4, -0.2) is 18.8 Å². The van der Waals surface area contributed by atoms with Gasteiger partial charge in [-0.3, -0.25) is 18.4 Å². The Labute approximate surface area is 234 Å². The first-order chi connectivity index (χ1) is 20.7. The van der Waals surface area contributed by atoms with Crippen molar-refractivity contribution < 1.29 is 0 Å². The highest BCUT2D eigenvalue weighted by molar-refractivity contribution is 6.40. The minimum atomic E-state index is -0.0598. The van der Waals surface area contributed by atoms with Crippen molar-refractivity contribution in [2.75, 3.05) is 0 Å².